The Hall–Kier alpha value is -2.54. The lowest BCUT2D eigenvalue weighted by atomic mass is 10.2. The van der Waals surface area contributed by atoms with Crippen LogP contribution in [0.15, 0.2) is 41.8 Å². The van der Waals surface area contributed by atoms with Crippen LogP contribution in [0.25, 0.3) is 0 Å². The van der Waals surface area contributed by atoms with E-state index in [-0.39, 0.29) is 12.5 Å². The zero-order chi connectivity index (χ0) is 16.8. The summed E-state index contributed by atoms with van der Waals surface area (Å²) in [6, 6.07) is 11.2. The summed E-state index contributed by atoms with van der Waals surface area (Å²) in [7, 11) is 0. The van der Waals surface area contributed by atoms with Gasteiger partial charge in [-0.1, -0.05) is 18.2 Å². The molecule has 0 fully saturated rings. The lowest BCUT2D eigenvalue weighted by Crippen LogP contribution is -2.50. The Morgan fingerprint density at radius 1 is 1.12 bits per heavy atom. The minimum atomic E-state index is -0.786. The van der Waals surface area contributed by atoms with E-state index < -0.39 is 12.0 Å². The van der Waals surface area contributed by atoms with Crippen LogP contribution in [-0.2, 0) is 16.0 Å². The molecule has 1 aliphatic heterocycles. The standard InChI is InChI=1S/C17H18N2O4S/c20-16(9-3-5-12-6-4-10-24-12)18-19-17(21)15-11-22-13-7-1-2-8-14(13)23-15/h1-2,4,6-8,10,15H,3,5,9,11H2,(H,18,20)(H,19,21)/t15-/m0/s1. The van der Waals surface area contributed by atoms with Crippen LogP contribution in [0.1, 0.15) is 17.7 Å². The van der Waals surface area contributed by atoms with Gasteiger partial charge in [0.2, 0.25) is 12.0 Å². The second-order valence-electron chi connectivity index (χ2n) is 5.33. The number of benzene rings is 1. The lowest BCUT2D eigenvalue weighted by molar-refractivity contribution is -0.135. The highest BCUT2D eigenvalue weighted by molar-refractivity contribution is 7.09. The predicted molar refractivity (Wildman–Crippen MR) is 89.9 cm³/mol. The number of para-hydroxylation sites is 2. The molecule has 6 nitrogen and oxygen atoms in total. The molecule has 1 aromatic heterocycles. The first kappa shape index (κ1) is 16.3. The van der Waals surface area contributed by atoms with E-state index in [4.69, 9.17) is 9.47 Å². The van der Waals surface area contributed by atoms with Gasteiger partial charge in [0.05, 0.1) is 0 Å². The van der Waals surface area contributed by atoms with Gasteiger partial charge in [-0.15, -0.1) is 11.3 Å². The van der Waals surface area contributed by atoms with E-state index in [9.17, 15) is 9.59 Å². The van der Waals surface area contributed by atoms with Crippen molar-refractivity contribution >= 4 is 23.2 Å². The summed E-state index contributed by atoms with van der Waals surface area (Å²) in [6.45, 7) is 0.108. The van der Waals surface area contributed by atoms with E-state index in [1.54, 1.807) is 29.5 Å². The van der Waals surface area contributed by atoms with E-state index in [2.05, 4.69) is 10.9 Å². The quantitative estimate of drug-likeness (QED) is 0.813. The molecule has 0 radical (unpaired) electrons. The Kier molecular flexibility index (Phi) is 5.32. The van der Waals surface area contributed by atoms with Crippen LogP contribution in [0.3, 0.4) is 0 Å². The Morgan fingerprint density at radius 2 is 1.96 bits per heavy atom. The van der Waals surface area contributed by atoms with Crippen LogP contribution < -0.4 is 20.3 Å². The number of nitrogens with one attached hydrogen (secondary N) is 2. The molecule has 0 saturated heterocycles. The van der Waals surface area contributed by atoms with E-state index in [1.807, 2.05) is 23.6 Å². The maximum atomic E-state index is 12.0. The highest BCUT2D eigenvalue weighted by Crippen LogP contribution is 2.30. The zero-order valence-corrected chi connectivity index (χ0v) is 13.8. The van der Waals surface area contributed by atoms with Gasteiger partial charge in [-0.3, -0.25) is 20.4 Å². The fraction of sp³-hybridized carbons (Fsp3) is 0.294. The highest BCUT2D eigenvalue weighted by Gasteiger charge is 2.27. The molecule has 7 heteroatoms. The Balaban J connectivity index is 1.38. The second-order valence-corrected chi connectivity index (χ2v) is 6.37. The molecule has 0 aliphatic carbocycles. The average Bonchev–Trinajstić information content (AvgIpc) is 3.12. The number of rotatable bonds is 5. The van der Waals surface area contributed by atoms with Crippen molar-refractivity contribution in [2.24, 2.45) is 0 Å². The number of hydrogen-bond donors (Lipinski definition) is 2. The normalized spacial score (nSPS) is 15.6. The number of amides is 2. The molecule has 126 valence electrons. The summed E-state index contributed by atoms with van der Waals surface area (Å²) in [4.78, 5) is 25.1. The third-order valence-electron chi connectivity index (χ3n) is 3.53. The summed E-state index contributed by atoms with van der Waals surface area (Å²) in [5.41, 5.74) is 4.80. The first-order valence-corrected chi connectivity index (χ1v) is 8.60. The van der Waals surface area contributed by atoms with Crippen molar-refractivity contribution in [3.63, 3.8) is 0 Å². The SMILES string of the molecule is O=C(CCCc1cccs1)NNC(=O)[C@@H]1COc2ccccc2O1. The van der Waals surface area contributed by atoms with Crippen LogP contribution in [0.5, 0.6) is 11.5 Å². The van der Waals surface area contributed by atoms with Gasteiger partial charge in [-0.2, -0.15) is 0 Å². The third kappa shape index (κ3) is 4.26. The van der Waals surface area contributed by atoms with E-state index in [1.165, 1.54) is 4.88 Å². The summed E-state index contributed by atoms with van der Waals surface area (Å²) in [6.07, 6.45) is 1.16. The van der Waals surface area contributed by atoms with Crippen LogP contribution in [0.4, 0.5) is 0 Å². The van der Waals surface area contributed by atoms with Crippen molar-refractivity contribution in [1.29, 1.82) is 0 Å². The Morgan fingerprint density at radius 3 is 2.75 bits per heavy atom. The van der Waals surface area contributed by atoms with Crippen LogP contribution in [0.2, 0.25) is 0 Å². The molecular weight excluding hydrogens is 328 g/mol. The maximum absolute atomic E-state index is 12.0. The van der Waals surface area contributed by atoms with Crippen LogP contribution in [0, 0.1) is 0 Å². The molecule has 1 aliphatic rings. The average molecular weight is 346 g/mol. The fourth-order valence-electron chi connectivity index (χ4n) is 2.30. The summed E-state index contributed by atoms with van der Waals surface area (Å²) in [5, 5.41) is 2.01. The zero-order valence-electron chi connectivity index (χ0n) is 13.0. The largest absolute Gasteiger partial charge is 0.485 e. The molecule has 2 heterocycles. The van der Waals surface area contributed by atoms with Gasteiger partial charge in [0.1, 0.15) is 6.61 Å². The van der Waals surface area contributed by atoms with Gasteiger partial charge in [-0.25, -0.2) is 0 Å². The summed E-state index contributed by atoms with van der Waals surface area (Å²) < 4.78 is 11.0. The van der Waals surface area contributed by atoms with Gasteiger partial charge in [-0.05, 0) is 36.4 Å². The number of hydrazine groups is 1. The second kappa shape index (κ2) is 7.83. The van der Waals surface area contributed by atoms with Crippen LogP contribution >= 0.6 is 11.3 Å². The number of carbonyl (C=O) groups excluding carboxylic acids is 2. The van der Waals surface area contributed by atoms with Crippen molar-refractivity contribution in [1.82, 2.24) is 10.9 Å². The number of carbonyl (C=O) groups is 2. The maximum Gasteiger partial charge on any atom is 0.283 e. The number of hydrogen-bond acceptors (Lipinski definition) is 5. The van der Waals surface area contributed by atoms with Crippen molar-refractivity contribution in [2.75, 3.05) is 6.61 Å². The number of ether oxygens (including phenoxy) is 2. The number of aryl methyl sites for hydroxylation is 1. The molecular formula is C17H18N2O4S. The van der Waals surface area contributed by atoms with Crippen molar-refractivity contribution in [3.8, 4) is 11.5 Å². The number of thiophene rings is 1. The van der Waals surface area contributed by atoms with Gasteiger partial charge >= 0.3 is 0 Å². The third-order valence-corrected chi connectivity index (χ3v) is 4.47. The Bertz CT molecular complexity index is 702. The molecule has 2 N–H and O–H groups in total. The molecule has 2 amide bonds. The summed E-state index contributed by atoms with van der Waals surface area (Å²) >= 11 is 1.67. The van der Waals surface area contributed by atoms with Crippen molar-refractivity contribution < 1.29 is 19.1 Å². The molecule has 1 aromatic carbocycles. The predicted octanol–water partition coefficient (Wildman–Crippen LogP) is 2.06. The highest BCUT2D eigenvalue weighted by atomic mass is 32.1. The molecule has 0 bridgehead atoms. The van der Waals surface area contributed by atoms with Crippen molar-refractivity contribution in [3.05, 3.63) is 46.7 Å². The van der Waals surface area contributed by atoms with Crippen molar-refractivity contribution in [2.45, 2.75) is 25.4 Å². The molecule has 24 heavy (non-hydrogen) atoms. The first-order chi connectivity index (χ1) is 11.7. The van der Waals surface area contributed by atoms with Gasteiger partial charge in [0.25, 0.3) is 5.91 Å². The van der Waals surface area contributed by atoms with E-state index in [0.717, 1.165) is 12.8 Å². The molecule has 1 atom stereocenters. The van der Waals surface area contributed by atoms with Gasteiger partial charge in [0, 0.05) is 11.3 Å². The molecule has 0 unspecified atom stereocenters. The molecule has 0 saturated carbocycles. The van der Waals surface area contributed by atoms with E-state index >= 15 is 0 Å². The molecule has 0 spiro atoms. The smallest absolute Gasteiger partial charge is 0.283 e. The van der Waals surface area contributed by atoms with Crippen LogP contribution in [-0.4, -0.2) is 24.5 Å². The summed E-state index contributed by atoms with van der Waals surface area (Å²) in [5.74, 6) is 0.471. The van der Waals surface area contributed by atoms with Gasteiger partial charge < -0.3 is 9.47 Å². The first-order valence-electron chi connectivity index (χ1n) is 7.72. The monoisotopic (exact) mass is 346 g/mol. The molecule has 2 aromatic rings. The fourth-order valence-corrected chi connectivity index (χ4v) is 3.05. The topological polar surface area (TPSA) is 76.7 Å². The molecule has 3 rings (SSSR count). The minimum Gasteiger partial charge on any atom is -0.485 e. The number of fused-ring (bicyclic) bond motifs is 1. The van der Waals surface area contributed by atoms with E-state index in [0.29, 0.717) is 17.9 Å². The Labute approximate surface area is 143 Å². The minimum absolute atomic E-state index is 0.108. The van der Waals surface area contributed by atoms with Gasteiger partial charge in [0.15, 0.2) is 11.5 Å². The lowest BCUT2D eigenvalue weighted by Gasteiger charge is -2.25.